The first-order chi connectivity index (χ1) is 14.5. The quantitative estimate of drug-likeness (QED) is 0.480. The van der Waals surface area contributed by atoms with E-state index in [-0.39, 0.29) is 16.8 Å². The van der Waals surface area contributed by atoms with Gasteiger partial charge in [-0.05, 0) is 60.7 Å². The van der Waals surface area contributed by atoms with Crippen LogP contribution in [0.2, 0.25) is 0 Å². The second-order valence-corrected chi connectivity index (χ2v) is 6.37. The van der Waals surface area contributed by atoms with E-state index in [1.165, 1.54) is 54.9 Å². The molecular formula is C22H14F2N4O2. The Bertz CT molecular complexity index is 1260. The molecule has 2 N–H and O–H groups in total. The molecular weight excluding hydrogens is 390 g/mol. The number of carbonyl (C=O) groups excluding carboxylic acids is 2. The highest BCUT2D eigenvalue weighted by Gasteiger charge is 2.16. The molecule has 6 nitrogen and oxygen atoms in total. The van der Waals surface area contributed by atoms with Crippen LogP contribution in [-0.4, -0.2) is 21.8 Å². The first kappa shape index (κ1) is 19.1. The molecule has 148 valence electrons. The molecule has 0 bridgehead atoms. The van der Waals surface area contributed by atoms with Crippen molar-refractivity contribution in [3.63, 3.8) is 0 Å². The number of fused-ring (bicyclic) bond motifs is 1. The normalized spacial score (nSPS) is 10.6. The molecule has 30 heavy (non-hydrogen) atoms. The number of halogens is 2. The molecule has 0 saturated carbocycles. The minimum absolute atomic E-state index is 0.196. The molecule has 0 fully saturated rings. The number of nitrogens with zero attached hydrogens (tertiary/aromatic N) is 2. The SMILES string of the molecule is O=C(Nc1ccc(F)cc1)Nc1ccc(F)c(C(=O)c2ccc3nccnc3c2)c1. The number of carbonyl (C=O) groups is 2. The van der Waals surface area contributed by atoms with Crippen molar-refractivity contribution in [3.8, 4) is 0 Å². The maximum atomic E-state index is 14.3. The third-order valence-electron chi connectivity index (χ3n) is 4.30. The molecule has 0 aliphatic carbocycles. The van der Waals surface area contributed by atoms with Crippen LogP contribution in [0, 0.1) is 11.6 Å². The van der Waals surface area contributed by atoms with E-state index < -0.39 is 23.4 Å². The number of nitrogens with one attached hydrogen (secondary N) is 2. The first-order valence-corrected chi connectivity index (χ1v) is 8.88. The summed E-state index contributed by atoms with van der Waals surface area (Å²) in [6, 6.07) is 13.0. The van der Waals surface area contributed by atoms with E-state index in [0.29, 0.717) is 16.7 Å². The largest absolute Gasteiger partial charge is 0.323 e. The van der Waals surface area contributed by atoms with Crippen molar-refractivity contribution in [1.29, 1.82) is 0 Å². The predicted molar refractivity (Wildman–Crippen MR) is 108 cm³/mol. The van der Waals surface area contributed by atoms with Crippen LogP contribution < -0.4 is 10.6 Å². The topological polar surface area (TPSA) is 84.0 Å². The van der Waals surface area contributed by atoms with Gasteiger partial charge in [0.2, 0.25) is 0 Å². The highest BCUT2D eigenvalue weighted by atomic mass is 19.1. The Labute approximate surface area is 169 Å². The second kappa shape index (κ2) is 8.04. The van der Waals surface area contributed by atoms with E-state index in [9.17, 15) is 18.4 Å². The molecule has 0 atom stereocenters. The van der Waals surface area contributed by atoms with Crippen LogP contribution in [0.4, 0.5) is 25.0 Å². The average Bonchev–Trinajstić information content (AvgIpc) is 2.76. The highest BCUT2D eigenvalue weighted by molar-refractivity contribution is 6.11. The molecule has 0 saturated heterocycles. The molecule has 4 rings (SSSR count). The van der Waals surface area contributed by atoms with Crippen LogP contribution in [0.1, 0.15) is 15.9 Å². The van der Waals surface area contributed by atoms with Gasteiger partial charge in [-0.15, -0.1) is 0 Å². The maximum absolute atomic E-state index is 14.3. The van der Waals surface area contributed by atoms with Gasteiger partial charge in [-0.1, -0.05) is 0 Å². The van der Waals surface area contributed by atoms with Gasteiger partial charge in [0.15, 0.2) is 5.78 Å². The maximum Gasteiger partial charge on any atom is 0.323 e. The number of anilines is 2. The minimum Gasteiger partial charge on any atom is -0.308 e. The summed E-state index contributed by atoms with van der Waals surface area (Å²) in [6.45, 7) is 0. The van der Waals surface area contributed by atoms with Gasteiger partial charge in [-0.3, -0.25) is 14.8 Å². The molecule has 0 radical (unpaired) electrons. The molecule has 1 heterocycles. The van der Waals surface area contributed by atoms with Gasteiger partial charge in [0.1, 0.15) is 11.6 Å². The molecule has 8 heteroatoms. The van der Waals surface area contributed by atoms with E-state index in [1.807, 2.05) is 0 Å². The van der Waals surface area contributed by atoms with Crippen LogP contribution in [0.25, 0.3) is 11.0 Å². The lowest BCUT2D eigenvalue weighted by atomic mass is 10.0. The molecule has 2 amide bonds. The Kier molecular flexibility index (Phi) is 5.13. The van der Waals surface area contributed by atoms with Crippen molar-refractivity contribution >= 4 is 34.2 Å². The van der Waals surface area contributed by atoms with Gasteiger partial charge in [0, 0.05) is 29.3 Å². The number of aromatic nitrogens is 2. The first-order valence-electron chi connectivity index (χ1n) is 8.88. The van der Waals surface area contributed by atoms with Gasteiger partial charge in [-0.25, -0.2) is 13.6 Å². The Balaban J connectivity index is 1.55. The number of ketones is 1. The van der Waals surface area contributed by atoms with E-state index >= 15 is 0 Å². The van der Waals surface area contributed by atoms with E-state index in [4.69, 9.17) is 0 Å². The van der Waals surface area contributed by atoms with Crippen LogP contribution in [-0.2, 0) is 0 Å². The average molecular weight is 404 g/mol. The van der Waals surface area contributed by atoms with E-state index in [0.717, 1.165) is 6.07 Å². The minimum atomic E-state index is -0.719. The number of amides is 2. The fourth-order valence-corrected chi connectivity index (χ4v) is 2.86. The smallest absolute Gasteiger partial charge is 0.308 e. The molecule has 0 aliphatic heterocycles. The van der Waals surface area contributed by atoms with Crippen LogP contribution in [0.5, 0.6) is 0 Å². The second-order valence-electron chi connectivity index (χ2n) is 6.37. The monoisotopic (exact) mass is 404 g/mol. The van der Waals surface area contributed by atoms with Crippen molar-refractivity contribution in [2.24, 2.45) is 0 Å². The Morgan fingerprint density at radius 2 is 1.40 bits per heavy atom. The highest BCUT2D eigenvalue weighted by Crippen LogP contribution is 2.21. The van der Waals surface area contributed by atoms with E-state index in [2.05, 4.69) is 20.6 Å². The fourth-order valence-electron chi connectivity index (χ4n) is 2.86. The summed E-state index contributed by atoms with van der Waals surface area (Å²) in [6.07, 6.45) is 3.04. The fraction of sp³-hybridized carbons (Fsp3) is 0. The zero-order valence-corrected chi connectivity index (χ0v) is 15.4. The lowest BCUT2D eigenvalue weighted by molar-refractivity contribution is 0.103. The summed E-state index contributed by atoms with van der Waals surface area (Å²) in [5, 5.41) is 5.05. The van der Waals surface area contributed by atoms with Crippen molar-refractivity contribution in [2.45, 2.75) is 0 Å². The summed E-state index contributed by atoms with van der Waals surface area (Å²) in [5.74, 6) is -1.70. The van der Waals surface area contributed by atoms with Crippen molar-refractivity contribution in [2.75, 3.05) is 10.6 Å². The molecule has 4 aromatic rings. The van der Waals surface area contributed by atoms with Crippen molar-refractivity contribution in [3.05, 3.63) is 95.8 Å². The zero-order valence-electron chi connectivity index (χ0n) is 15.4. The molecule has 0 unspecified atom stereocenters. The summed E-state index contributed by atoms with van der Waals surface area (Å²) in [5.41, 5.74) is 1.77. The summed E-state index contributed by atoms with van der Waals surface area (Å²) in [7, 11) is 0. The lowest BCUT2D eigenvalue weighted by Crippen LogP contribution is -2.19. The molecule has 0 aliphatic rings. The Morgan fingerprint density at radius 1 is 0.733 bits per heavy atom. The number of rotatable bonds is 4. The third-order valence-corrected chi connectivity index (χ3v) is 4.30. The standard InChI is InChI=1S/C22H14F2N4O2/c23-14-2-4-15(5-3-14)27-22(30)28-16-6-7-18(24)17(12-16)21(29)13-1-8-19-20(11-13)26-10-9-25-19/h1-12H,(H2,27,28,30). The number of urea groups is 1. The number of hydrogen-bond acceptors (Lipinski definition) is 4. The van der Waals surface area contributed by atoms with Gasteiger partial charge in [-0.2, -0.15) is 0 Å². The van der Waals surface area contributed by atoms with Crippen LogP contribution >= 0.6 is 0 Å². The van der Waals surface area contributed by atoms with Gasteiger partial charge in [0.25, 0.3) is 0 Å². The molecule has 0 spiro atoms. The summed E-state index contributed by atoms with van der Waals surface area (Å²) in [4.78, 5) is 33.2. The van der Waals surface area contributed by atoms with Gasteiger partial charge in [0.05, 0.1) is 16.6 Å². The Hall–Kier alpha value is -4.20. The van der Waals surface area contributed by atoms with Crippen LogP contribution in [0.15, 0.2) is 73.1 Å². The molecule has 1 aromatic heterocycles. The summed E-state index contributed by atoms with van der Waals surface area (Å²) >= 11 is 0. The molecule has 3 aromatic carbocycles. The Morgan fingerprint density at radius 3 is 2.17 bits per heavy atom. The van der Waals surface area contributed by atoms with E-state index in [1.54, 1.807) is 12.1 Å². The lowest BCUT2D eigenvalue weighted by Gasteiger charge is -2.10. The van der Waals surface area contributed by atoms with Crippen molar-refractivity contribution in [1.82, 2.24) is 9.97 Å². The zero-order chi connectivity index (χ0) is 21.1. The third kappa shape index (κ3) is 4.12. The van der Waals surface area contributed by atoms with Crippen molar-refractivity contribution < 1.29 is 18.4 Å². The number of benzene rings is 3. The number of hydrogen-bond donors (Lipinski definition) is 2. The van der Waals surface area contributed by atoms with Crippen LogP contribution in [0.3, 0.4) is 0 Å². The predicted octanol–water partition coefficient (Wildman–Crippen LogP) is 4.78. The van der Waals surface area contributed by atoms with Gasteiger partial charge < -0.3 is 10.6 Å². The summed E-state index contributed by atoms with van der Waals surface area (Å²) < 4.78 is 27.3. The van der Waals surface area contributed by atoms with Gasteiger partial charge >= 0.3 is 6.03 Å².